The van der Waals surface area contributed by atoms with Crippen LogP contribution in [0.3, 0.4) is 0 Å². The van der Waals surface area contributed by atoms with Crippen LogP contribution in [0.2, 0.25) is 6.04 Å². The lowest BCUT2D eigenvalue weighted by Gasteiger charge is -2.28. The molecule has 0 heterocycles. The van der Waals surface area contributed by atoms with Crippen LogP contribution in [0.5, 0.6) is 23.0 Å². The molecule has 0 aliphatic carbocycles. The van der Waals surface area contributed by atoms with Gasteiger partial charge in [0, 0.05) is 38.5 Å². The van der Waals surface area contributed by atoms with E-state index in [1.165, 1.54) is 33.5 Å². The smallest absolute Gasteiger partial charge is 0.493 e. The molecule has 272 valence electrons. The minimum absolute atomic E-state index is 0.217. The van der Waals surface area contributed by atoms with E-state index in [2.05, 4.69) is 5.32 Å². The van der Waals surface area contributed by atoms with Gasteiger partial charge >= 0.3 is 26.8 Å². The number of carbonyl (C=O) groups is 3. The standard InChI is InChI=1S/C35H51NO12Si/c1-7-45-49(46-8-2,47-9-3)24-14-21-36-35(39)44-23-13-11-10-12-22-43-33(37)20-16-27-15-18-30(31(25-27)41-5)48-34(38)28-17-19-29(40-4)32(26-28)42-6/h15-20,25-26H,7-14,21-24H2,1-6H3,(H,36,39)/b20-16+. The predicted octanol–water partition coefficient (Wildman–Crippen LogP) is 6.21. The van der Waals surface area contributed by atoms with E-state index in [4.69, 9.17) is 41.7 Å². The summed E-state index contributed by atoms with van der Waals surface area (Å²) in [6.07, 6.45) is 6.15. The summed E-state index contributed by atoms with van der Waals surface area (Å²) in [5, 5.41) is 2.75. The van der Waals surface area contributed by atoms with Crippen LogP contribution < -0.4 is 24.3 Å². The van der Waals surface area contributed by atoms with Gasteiger partial charge in [0.1, 0.15) is 0 Å². The summed E-state index contributed by atoms with van der Waals surface area (Å²) < 4.78 is 49.4. The summed E-state index contributed by atoms with van der Waals surface area (Å²) in [5.41, 5.74) is 0.928. The highest BCUT2D eigenvalue weighted by molar-refractivity contribution is 6.60. The van der Waals surface area contributed by atoms with E-state index in [9.17, 15) is 14.4 Å². The van der Waals surface area contributed by atoms with Crippen LogP contribution in [0.15, 0.2) is 42.5 Å². The largest absolute Gasteiger partial charge is 0.500 e. The van der Waals surface area contributed by atoms with Crippen molar-refractivity contribution in [2.75, 3.05) is 60.9 Å². The molecule has 49 heavy (non-hydrogen) atoms. The Morgan fingerprint density at radius 3 is 1.90 bits per heavy atom. The van der Waals surface area contributed by atoms with Crippen molar-refractivity contribution in [1.29, 1.82) is 0 Å². The zero-order valence-electron chi connectivity index (χ0n) is 29.5. The van der Waals surface area contributed by atoms with Gasteiger partial charge in [-0.2, -0.15) is 0 Å². The second-order valence-corrected chi connectivity index (χ2v) is 13.2. The molecule has 13 nitrogen and oxygen atoms in total. The zero-order valence-corrected chi connectivity index (χ0v) is 30.5. The van der Waals surface area contributed by atoms with Crippen LogP contribution in [0.4, 0.5) is 4.79 Å². The molecule has 2 aromatic carbocycles. The fourth-order valence-electron chi connectivity index (χ4n) is 4.65. The highest BCUT2D eigenvalue weighted by atomic mass is 28.4. The number of hydrogen-bond donors (Lipinski definition) is 1. The average molecular weight is 706 g/mol. The van der Waals surface area contributed by atoms with Crippen LogP contribution in [-0.2, 0) is 27.5 Å². The lowest BCUT2D eigenvalue weighted by molar-refractivity contribution is -0.137. The molecular weight excluding hydrogens is 654 g/mol. The minimum atomic E-state index is -2.72. The molecule has 2 rings (SSSR count). The van der Waals surface area contributed by atoms with Crippen LogP contribution in [-0.4, -0.2) is 87.7 Å². The number of alkyl carbamates (subject to hydrolysis) is 1. The molecule has 0 unspecified atom stereocenters. The molecule has 0 aliphatic heterocycles. The van der Waals surface area contributed by atoms with Crippen molar-refractivity contribution in [1.82, 2.24) is 5.32 Å². The molecule has 1 N–H and O–H groups in total. The zero-order chi connectivity index (χ0) is 35.9. The van der Waals surface area contributed by atoms with E-state index in [1.54, 1.807) is 36.4 Å². The van der Waals surface area contributed by atoms with Crippen molar-refractivity contribution in [2.45, 2.75) is 58.9 Å². The van der Waals surface area contributed by atoms with Crippen LogP contribution in [0.25, 0.3) is 6.08 Å². The molecule has 0 bridgehead atoms. The number of esters is 2. The Kier molecular flexibility index (Phi) is 19.5. The number of nitrogens with one attached hydrogen (secondary N) is 1. The van der Waals surface area contributed by atoms with Crippen molar-refractivity contribution in [3.8, 4) is 23.0 Å². The third kappa shape index (κ3) is 14.9. The maximum absolute atomic E-state index is 12.7. The molecule has 0 saturated carbocycles. The topological polar surface area (TPSA) is 146 Å². The summed E-state index contributed by atoms with van der Waals surface area (Å²) in [5.74, 6) is 0.346. The van der Waals surface area contributed by atoms with E-state index in [0.717, 1.165) is 12.8 Å². The molecule has 0 atom stereocenters. The number of ether oxygens (including phenoxy) is 6. The lowest BCUT2D eigenvalue weighted by atomic mass is 10.1. The molecule has 0 aliphatic rings. The molecule has 0 spiro atoms. The van der Waals surface area contributed by atoms with E-state index < -0.39 is 26.8 Å². The first-order valence-electron chi connectivity index (χ1n) is 16.5. The average Bonchev–Trinajstić information content (AvgIpc) is 3.10. The molecule has 2 aromatic rings. The van der Waals surface area contributed by atoms with E-state index in [-0.39, 0.29) is 17.9 Å². The van der Waals surface area contributed by atoms with Gasteiger partial charge in [-0.3, -0.25) is 0 Å². The Morgan fingerprint density at radius 1 is 0.694 bits per heavy atom. The highest BCUT2D eigenvalue weighted by Crippen LogP contribution is 2.31. The molecule has 0 radical (unpaired) electrons. The minimum Gasteiger partial charge on any atom is -0.493 e. The predicted molar refractivity (Wildman–Crippen MR) is 185 cm³/mol. The van der Waals surface area contributed by atoms with Crippen molar-refractivity contribution >= 4 is 32.9 Å². The first-order valence-corrected chi connectivity index (χ1v) is 18.5. The fraction of sp³-hybridized carbons (Fsp3) is 0.514. The van der Waals surface area contributed by atoms with Crippen molar-refractivity contribution in [2.24, 2.45) is 0 Å². The van der Waals surface area contributed by atoms with Gasteiger partial charge in [-0.25, -0.2) is 14.4 Å². The first kappa shape index (κ1) is 41.1. The monoisotopic (exact) mass is 705 g/mol. The third-order valence-electron chi connectivity index (χ3n) is 6.96. The number of carbonyl (C=O) groups excluding carboxylic acids is 3. The van der Waals surface area contributed by atoms with Gasteiger partial charge in [0.25, 0.3) is 0 Å². The Labute approximate surface area is 290 Å². The maximum atomic E-state index is 12.7. The normalized spacial score (nSPS) is 11.2. The lowest BCUT2D eigenvalue weighted by Crippen LogP contribution is -2.46. The van der Waals surface area contributed by atoms with Crippen molar-refractivity contribution < 1.29 is 56.1 Å². The van der Waals surface area contributed by atoms with Crippen LogP contribution >= 0.6 is 0 Å². The molecule has 1 amide bonds. The summed E-state index contributed by atoms with van der Waals surface area (Å²) >= 11 is 0. The number of methoxy groups -OCH3 is 3. The molecule has 14 heteroatoms. The van der Waals surface area contributed by atoms with Gasteiger partial charge in [0.15, 0.2) is 23.0 Å². The quantitative estimate of drug-likeness (QED) is 0.0435. The first-order chi connectivity index (χ1) is 23.7. The molecule has 0 fully saturated rings. The van der Waals surface area contributed by atoms with Crippen molar-refractivity contribution in [3.05, 3.63) is 53.6 Å². The Morgan fingerprint density at radius 2 is 1.29 bits per heavy atom. The van der Waals surface area contributed by atoms with Crippen LogP contribution in [0.1, 0.15) is 68.8 Å². The Balaban J connectivity index is 1.64. The number of hydrogen-bond acceptors (Lipinski definition) is 12. The third-order valence-corrected chi connectivity index (χ3v) is 10.1. The molecular formula is C35H51NO12Si. The summed E-state index contributed by atoms with van der Waals surface area (Å²) in [7, 11) is 1.73. The second kappa shape index (κ2) is 23.3. The number of rotatable bonds is 24. The molecule has 0 aromatic heterocycles. The number of unbranched alkanes of at least 4 members (excludes halogenated alkanes) is 3. The number of benzene rings is 2. The Bertz CT molecular complexity index is 1320. The van der Waals surface area contributed by atoms with Gasteiger partial charge < -0.3 is 47.0 Å². The van der Waals surface area contributed by atoms with E-state index in [0.29, 0.717) is 81.1 Å². The molecule has 0 saturated heterocycles. The van der Waals surface area contributed by atoms with Gasteiger partial charge in [-0.15, -0.1) is 0 Å². The fourth-order valence-corrected chi connectivity index (χ4v) is 7.26. The summed E-state index contributed by atoms with van der Waals surface area (Å²) in [6.45, 7) is 8.29. The maximum Gasteiger partial charge on any atom is 0.500 e. The van der Waals surface area contributed by atoms with Crippen molar-refractivity contribution in [3.63, 3.8) is 0 Å². The van der Waals surface area contributed by atoms with Gasteiger partial charge in [-0.05, 0) is 94.8 Å². The van der Waals surface area contributed by atoms with E-state index in [1.807, 2.05) is 20.8 Å². The van der Waals surface area contributed by atoms with Crippen LogP contribution in [0, 0.1) is 0 Å². The SMILES string of the molecule is CCO[Si](CCCNC(=O)OCCCCCCOC(=O)/C=C/c1ccc(OC(=O)c2ccc(OC)c(OC)c2)c(OC)c1)(OCC)OCC. The highest BCUT2D eigenvalue weighted by Gasteiger charge is 2.39. The Hall–Kier alpha value is -4.11. The second-order valence-electron chi connectivity index (χ2n) is 10.4. The van der Waals surface area contributed by atoms with E-state index >= 15 is 0 Å². The summed E-state index contributed by atoms with van der Waals surface area (Å²) in [6, 6.07) is 10.2. The summed E-state index contributed by atoms with van der Waals surface area (Å²) in [4.78, 5) is 36.9. The van der Waals surface area contributed by atoms with Gasteiger partial charge in [-0.1, -0.05) is 6.07 Å². The number of amides is 1. The van der Waals surface area contributed by atoms with Gasteiger partial charge in [0.2, 0.25) is 0 Å². The van der Waals surface area contributed by atoms with Gasteiger partial charge in [0.05, 0.1) is 40.1 Å².